The highest BCUT2D eigenvalue weighted by atomic mass is 32.2. The normalized spacial score (nSPS) is 9.37. The third-order valence-electron chi connectivity index (χ3n) is 2.82. The minimum Gasteiger partial charge on any atom is -0.497 e. The van der Waals surface area contributed by atoms with E-state index in [0.717, 1.165) is 11.8 Å². The molecule has 2 rings (SSSR count). The molecule has 0 saturated heterocycles. The summed E-state index contributed by atoms with van der Waals surface area (Å²) in [5, 5.41) is 17.8. The summed E-state index contributed by atoms with van der Waals surface area (Å²) in [5.41, 5.74) is 4.65. The van der Waals surface area contributed by atoms with E-state index in [2.05, 4.69) is 10.5 Å². The molecule has 0 aromatic heterocycles. The molecular weight excluding hydrogens is 447 g/mol. The summed E-state index contributed by atoms with van der Waals surface area (Å²) in [5.74, 6) is 0.314. The number of rotatable bonds is 4. The predicted molar refractivity (Wildman–Crippen MR) is 114 cm³/mol. The Kier molecular flexibility index (Phi) is 14.6. The lowest BCUT2D eigenvalue weighted by Crippen LogP contribution is -2.17. The van der Waals surface area contributed by atoms with Crippen molar-refractivity contribution >= 4 is 42.4 Å². The first-order valence-electron chi connectivity index (χ1n) is 7.50. The number of nitro benzene ring substituents is 1. The minimum absolute atomic E-state index is 0. The monoisotopic (exact) mass is 467 g/mol. The highest BCUT2D eigenvalue weighted by molar-refractivity contribution is 8.13. The molecule has 0 unspecified atom stereocenters. The van der Waals surface area contributed by atoms with Crippen molar-refractivity contribution in [2.75, 3.05) is 13.4 Å². The second-order valence-corrected chi connectivity index (χ2v) is 5.52. The molecule has 2 aromatic carbocycles. The number of nitrogens with zero attached hydrogens (tertiary/aromatic N) is 1. The van der Waals surface area contributed by atoms with Crippen LogP contribution in [0.1, 0.15) is 5.56 Å². The SMILES string of the molecule is COc1ccc([N+](=O)[O-])cc1.CSC(=N)c1cccc(OC(F)(F)F)c1.NC=O.S. The van der Waals surface area contributed by atoms with Gasteiger partial charge in [0.05, 0.1) is 17.1 Å². The van der Waals surface area contributed by atoms with E-state index in [9.17, 15) is 23.3 Å². The van der Waals surface area contributed by atoms with Crippen LogP contribution in [0.25, 0.3) is 0 Å². The molecule has 0 atom stereocenters. The van der Waals surface area contributed by atoms with Gasteiger partial charge < -0.3 is 15.2 Å². The van der Waals surface area contributed by atoms with Crippen molar-refractivity contribution in [1.82, 2.24) is 0 Å². The summed E-state index contributed by atoms with van der Waals surface area (Å²) in [7, 11) is 1.52. The number of primary amides is 1. The lowest BCUT2D eigenvalue weighted by Gasteiger charge is -2.09. The Labute approximate surface area is 181 Å². The molecule has 3 N–H and O–H groups in total. The number of benzene rings is 2. The van der Waals surface area contributed by atoms with Crippen molar-refractivity contribution in [3.63, 3.8) is 0 Å². The molecule has 0 heterocycles. The molecule has 166 valence electrons. The van der Waals surface area contributed by atoms with E-state index in [1.54, 1.807) is 24.5 Å². The van der Waals surface area contributed by atoms with E-state index in [-0.39, 0.29) is 36.4 Å². The van der Waals surface area contributed by atoms with E-state index in [0.29, 0.717) is 11.3 Å². The molecule has 0 fully saturated rings. The van der Waals surface area contributed by atoms with E-state index in [4.69, 9.17) is 14.9 Å². The Morgan fingerprint density at radius 3 is 2.13 bits per heavy atom. The second kappa shape index (κ2) is 15.0. The van der Waals surface area contributed by atoms with Crippen LogP contribution >= 0.6 is 25.3 Å². The fraction of sp³-hybridized carbons (Fsp3) is 0.176. The molecule has 0 radical (unpaired) electrons. The average molecular weight is 467 g/mol. The average Bonchev–Trinajstić information content (AvgIpc) is 2.67. The number of hydrogen-bond donors (Lipinski definition) is 2. The van der Waals surface area contributed by atoms with Gasteiger partial charge in [-0.05, 0) is 30.5 Å². The fourth-order valence-electron chi connectivity index (χ4n) is 1.66. The Morgan fingerprint density at radius 1 is 1.20 bits per heavy atom. The maximum Gasteiger partial charge on any atom is 0.573 e. The number of nitrogens with one attached hydrogen (secondary N) is 1. The van der Waals surface area contributed by atoms with Gasteiger partial charge in [-0.2, -0.15) is 13.5 Å². The van der Waals surface area contributed by atoms with Crippen molar-refractivity contribution < 1.29 is 32.4 Å². The number of halogens is 3. The highest BCUT2D eigenvalue weighted by Crippen LogP contribution is 2.24. The fourth-order valence-corrected chi connectivity index (χ4v) is 2.02. The largest absolute Gasteiger partial charge is 0.573 e. The Morgan fingerprint density at radius 2 is 1.73 bits per heavy atom. The van der Waals surface area contributed by atoms with Crippen molar-refractivity contribution in [3.8, 4) is 11.5 Å². The molecule has 0 aliphatic heterocycles. The van der Waals surface area contributed by atoms with Gasteiger partial charge >= 0.3 is 6.36 Å². The van der Waals surface area contributed by atoms with E-state index < -0.39 is 11.3 Å². The number of amides is 1. The van der Waals surface area contributed by atoms with Gasteiger partial charge in [0.15, 0.2) is 0 Å². The summed E-state index contributed by atoms with van der Waals surface area (Å²) in [6.45, 7) is 0. The van der Waals surface area contributed by atoms with Crippen molar-refractivity contribution in [3.05, 3.63) is 64.2 Å². The molecule has 13 heteroatoms. The van der Waals surface area contributed by atoms with Crippen LogP contribution in [0.5, 0.6) is 11.5 Å². The maximum absolute atomic E-state index is 11.9. The summed E-state index contributed by atoms with van der Waals surface area (Å²) >= 11 is 1.15. The van der Waals surface area contributed by atoms with Gasteiger partial charge in [-0.1, -0.05) is 12.1 Å². The third kappa shape index (κ3) is 12.5. The summed E-state index contributed by atoms with van der Waals surface area (Å²) in [4.78, 5) is 18.3. The number of methoxy groups -OCH3 is 1. The van der Waals surface area contributed by atoms with Gasteiger partial charge in [-0.25, -0.2) is 0 Å². The zero-order valence-corrected chi connectivity index (χ0v) is 17.6. The van der Waals surface area contributed by atoms with Crippen LogP contribution in [0.15, 0.2) is 48.5 Å². The van der Waals surface area contributed by atoms with Crippen molar-refractivity contribution in [2.24, 2.45) is 5.73 Å². The molecule has 1 amide bonds. The molecule has 30 heavy (non-hydrogen) atoms. The maximum atomic E-state index is 11.9. The summed E-state index contributed by atoms with van der Waals surface area (Å²) < 4.78 is 44.2. The van der Waals surface area contributed by atoms with Crippen LogP contribution in [0.4, 0.5) is 18.9 Å². The number of thioether (sulfide) groups is 1. The van der Waals surface area contributed by atoms with Crippen LogP contribution < -0.4 is 15.2 Å². The van der Waals surface area contributed by atoms with Crippen molar-refractivity contribution in [1.29, 1.82) is 5.41 Å². The van der Waals surface area contributed by atoms with Gasteiger partial charge in [-0.3, -0.25) is 20.3 Å². The molecule has 0 bridgehead atoms. The molecule has 0 spiro atoms. The van der Waals surface area contributed by atoms with Crippen LogP contribution in [0.2, 0.25) is 0 Å². The smallest absolute Gasteiger partial charge is 0.497 e. The molecule has 0 aliphatic rings. The molecule has 8 nitrogen and oxygen atoms in total. The third-order valence-corrected chi connectivity index (χ3v) is 3.46. The Bertz CT molecular complexity index is 806. The number of carbonyl (C=O) groups excluding carboxylic acids is 1. The number of non-ortho nitro benzene ring substituents is 1. The minimum atomic E-state index is -4.69. The number of nitro groups is 1. The number of hydrogen-bond acceptors (Lipinski definition) is 7. The van der Waals surface area contributed by atoms with Gasteiger partial charge in [0, 0.05) is 17.7 Å². The van der Waals surface area contributed by atoms with Crippen LogP contribution in [0, 0.1) is 15.5 Å². The Balaban J connectivity index is 0. The standard InChI is InChI=1S/C9H8F3NOS.C7H7NO3.CH3NO.H2S/c1-15-8(13)6-3-2-4-7(5-6)14-9(10,11)12;1-11-7-4-2-6(3-5-7)8(9)10;2-1-3;/h2-5,13H,1H3;2-5H,1H3;1H,(H2,2,3);1H2. The summed E-state index contributed by atoms with van der Waals surface area (Å²) in [6, 6.07) is 11.3. The number of alkyl halides is 3. The quantitative estimate of drug-likeness (QED) is 0.229. The zero-order chi connectivity index (χ0) is 22.4. The van der Waals surface area contributed by atoms with Crippen LogP contribution in [0.3, 0.4) is 0 Å². The van der Waals surface area contributed by atoms with Crippen LogP contribution in [-0.2, 0) is 4.79 Å². The van der Waals surface area contributed by atoms with E-state index in [1.165, 1.54) is 37.4 Å². The highest BCUT2D eigenvalue weighted by Gasteiger charge is 2.31. The second-order valence-electron chi connectivity index (χ2n) is 4.70. The van der Waals surface area contributed by atoms with Gasteiger partial charge in [0.1, 0.15) is 11.5 Å². The lowest BCUT2D eigenvalue weighted by molar-refractivity contribution is -0.384. The number of nitrogens with two attached hydrogens (primary N) is 1. The first-order chi connectivity index (χ1) is 13.6. The molecule has 0 aliphatic carbocycles. The molecule has 2 aromatic rings. The van der Waals surface area contributed by atoms with E-state index >= 15 is 0 Å². The number of ether oxygens (including phenoxy) is 2. The topological polar surface area (TPSA) is 129 Å². The predicted octanol–water partition coefficient (Wildman–Crippen LogP) is 4.09. The van der Waals surface area contributed by atoms with Gasteiger partial charge in [0.25, 0.3) is 5.69 Å². The summed E-state index contributed by atoms with van der Waals surface area (Å²) in [6.07, 6.45) is -2.76. The first-order valence-corrected chi connectivity index (χ1v) is 8.73. The van der Waals surface area contributed by atoms with E-state index in [1.807, 2.05) is 0 Å². The van der Waals surface area contributed by atoms with Gasteiger partial charge in [0.2, 0.25) is 6.41 Å². The number of carbonyl (C=O) groups is 1. The van der Waals surface area contributed by atoms with Crippen LogP contribution in [-0.4, -0.2) is 36.1 Å². The first kappa shape index (κ1) is 29.3. The Hall–Kier alpha value is -2.93. The van der Waals surface area contributed by atoms with Crippen molar-refractivity contribution in [2.45, 2.75) is 6.36 Å². The lowest BCUT2D eigenvalue weighted by atomic mass is 10.2. The molecular formula is C17H20F3N3O5S2. The zero-order valence-electron chi connectivity index (χ0n) is 15.8. The van der Waals surface area contributed by atoms with Gasteiger partial charge in [-0.15, -0.1) is 24.9 Å². The molecule has 0 saturated carbocycles.